The highest BCUT2D eigenvalue weighted by atomic mass is 79.9. The summed E-state index contributed by atoms with van der Waals surface area (Å²) in [6.45, 7) is 3.26. The minimum atomic E-state index is -1.16. The van der Waals surface area contributed by atoms with Gasteiger partial charge >= 0.3 is 0 Å². The van der Waals surface area contributed by atoms with E-state index in [0.717, 1.165) is 21.6 Å². The van der Waals surface area contributed by atoms with E-state index in [1.54, 1.807) is 18.3 Å². The normalized spacial score (nSPS) is 15.8. The Morgan fingerprint density at radius 3 is 2.36 bits per heavy atom. The van der Waals surface area contributed by atoms with Gasteiger partial charge in [-0.1, -0.05) is 0 Å². The van der Waals surface area contributed by atoms with Crippen LogP contribution < -0.4 is 22.1 Å². The van der Waals surface area contributed by atoms with Gasteiger partial charge in [0.15, 0.2) is 0 Å². The predicted molar refractivity (Wildman–Crippen MR) is 78.5 cm³/mol. The number of carbonyl (C=O) groups excluding carboxylic acids is 1. The third-order valence-corrected chi connectivity index (χ3v) is 3.66. The molecule has 1 N–H and O–H groups in total. The largest absolute Gasteiger partial charge is 1.00 e. The van der Waals surface area contributed by atoms with Crippen molar-refractivity contribution in [3.8, 4) is 5.75 Å². The van der Waals surface area contributed by atoms with E-state index in [0.29, 0.717) is 5.75 Å². The molecule has 2 rings (SSSR count). The molecule has 0 radical (unpaired) electrons. The van der Waals surface area contributed by atoms with Crippen LogP contribution in [-0.2, 0) is 6.54 Å². The van der Waals surface area contributed by atoms with Gasteiger partial charge in [-0.15, -0.1) is 0 Å². The number of carboxylic acid groups (broad SMARTS) is 1. The van der Waals surface area contributed by atoms with Crippen LogP contribution in [0.4, 0.5) is 4.79 Å². The van der Waals surface area contributed by atoms with Crippen molar-refractivity contribution in [3.05, 3.63) is 24.0 Å². The molecule has 7 heteroatoms. The first-order chi connectivity index (χ1) is 9.84. The predicted octanol–water partition coefficient (Wildman–Crippen LogP) is -2.19. The highest BCUT2D eigenvalue weighted by Crippen LogP contribution is 2.23. The Hall–Kier alpha value is -1.34. The van der Waals surface area contributed by atoms with Gasteiger partial charge in [0.25, 0.3) is 0 Å². The van der Waals surface area contributed by atoms with Gasteiger partial charge < -0.3 is 41.4 Å². The Kier molecular flexibility index (Phi) is 9.04. The van der Waals surface area contributed by atoms with E-state index in [4.69, 9.17) is 0 Å². The number of pyridine rings is 1. The number of halogens is 1. The Morgan fingerprint density at radius 2 is 1.91 bits per heavy atom. The van der Waals surface area contributed by atoms with Crippen molar-refractivity contribution >= 4 is 6.09 Å². The number of hydrogen-bond donors (Lipinski definition) is 1. The van der Waals surface area contributed by atoms with Crippen molar-refractivity contribution in [1.82, 2.24) is 9.88 Å². The lowest BCUT2D eigenvalue weighted by Gasteiger charge is -2.37. The third kappa shape index (κ3) is 7.09. The van der Waals surface area contributed by atoms with E-state index in [1.165, 1.54) is 46.4 Å². The molecule has 22 heavy (non-hydrogen) atoms. The second-order valence-electron chi connectivity index (χ2n) is 5.92. The minimum absolute atomic E-state index is 0. The summed E-state index contributed by atoms with van der Waals surface area (Å²) in [6, 6.07) is 3.49. The minimum Gasteiger partial charge on any atom is -1.00 e. The lowest BCUT2D eigenvalue weighted by atomic mass is 10.1. The fourth-order valence-electron chi connectivity index (χ4n) is 2.35. The van der Waals surface area contributed by atoms with Crippen molar-refractivity contribution in [2.24, 2.45) is 0 Å². The zero-order valence-electron chi connectivity index (χ0n) is 13.5. The molecule has 1 aliphatic heterocycles. The van der Waals surface area contributed by atoms with Crippen LogP contribution in [0, 0.1) is 0 Å². The lowest BCUT2D eigenvalue weighted by Crippen LogP contribution is -3.00. The van der Waals surface area contributed by atoms with Gasteiger partial charge in [0, 0.05) is 20.3 Å². The zero-order chi connectivity index (χ0) is 15.9. The Labute approximate surface area is 142 Å². The van der Waals surface area contributed by atoms with Gasteiger partial charge in [0.1, 0.15) is 24.1 Å². The number of aromatic hydroxyl groups is 1. The Morgan fingerprint density at radius 1 is 1.36 bits per heavy atom. The summed E-state index contributed by atoms with van der Waals surface area (Å²) in [5.74, 6) is 0.336. The van der Waals surface area contributed by atoms with Gasteiger partial charge in [0.05, 0.1) is 20.1 Å². The number of carbonyl (C=O) groups is 1. The number of quaternary nitrogens is 1. The average molecular weight is 375 g/mol. The average Bonchev–Trinajstić information content (AvgIpc) is 2.42. The quantitative estimate of drug-likeness (QED) is 0.596. The monoisotopic (exact) mass is 374 g/mol. The number of piperidine rings is 1. The molecular formula is C15H25BrN3O3-. The van der Waals surface area contributed by atoms with Gasteiger partial charge in [-0.25, -0.2) is 0 Å². The number of hydrogen-bond acceptors (Lipinski definition) is 4. The molecule has 0 aliphatic carbocycles. The summed E-state index contributed by atoms with van der Waals surface area (Å²) in [7, 11) is 5.08. The van der Waals surface area contributed by atoms with Crippen molar-refractivity contribution in [2.75, 3.05) is 34.2 Å². The maximum absolute atomic E-state index is 9.68. The number of nitrogens with zero attached hydrogens (tertiary/aromatic N) is 3. The molecule has 0 atom stereocenters. The molecule has 0 bridgehead atoms. The van der Waals surface area contributed by atoms with Crippen LogP contribution >= 0.6 is 0 Å². The molecule has 1 aromatic heterocycles. The molecule has 1 aromatic rings. The smallest absolute Gasteiger partial charge is 0.142 e. The van der Waals surface area contributed by atoms with Crippen LogP contribution in [0.15, 0.2) is 18.3 Å². The summed E-state index contributed by atoms with van der Waals surface area (Å²) >= 11 is 0. The van der Waals surface area contributed by atoms with Crippen LogP contribution in [-0.4, -0.2) is 59.8 Å². The zero-order valence-corrected chi connectivity index (χ0v) is 15.0. The molecule has 1 fully saturated rings. The molecule has 0 saturated carbocycles. The Bertz CT molecular complexity index is 463. The summed E-state index contributed by atoms with van der Waals surface area (Å²) in [5, 5.41) is 19.2. The van der Waals surface area contributed by atoms with Crippen molar-refractivity contribution in [3.63, 3.8) is 0 Å². The molecule has 1 saturated heterocycles. The molecule has 0 aromatic carbocycles. The third-order valence-electron chi connectivity index (χ3n) is 3.66. The molecule has 0 unspecified atom stereocenters. The molecule has 6 nitrogen and oxygen atoms in total. The molecular weight excluding hydrogens is 350 g/mol. The van der Waals surface area contributed by atoms with E-state index >= 15 is 0 Å². The standard InChI is InChI=1S/C12H18N2O.C3H7NO2.BrH/c1-14(8-3-2-4-9-14)10-11-12(15)6-5-7-13-11;1-4(2)3(5)6;/h5-7H,2-4,8-10H2,1H3;1-2H3,(H,5,6);1H/p-1. The van der Waals surface area contributed by atoms with Crippen LogP contribution in [0.25, 0.3) is 0 Å². The van der Waals surface area contributed by atoms with Gasteiger partial charge in [-0.3, -0.25) is 4.98 Å². The van der Waals surface area contributed by atoms with E-state index in [2.05, 4.69) is 12.0 Å². The number of amides is 1. The number of aromatic nitrogens is 1. The van der Waals surface area contributed by atoms with Crippen LogP contribution in [0.5, 0.6) is 5.75 Å². The molecule has 126 valence electrons. The van der Waals surface area contributed by atoms with E-state index in [1.807, 2.05) is 0 Å². The van der Waals surface area contributed by atoms with Gasteiger partial charge in [-0.05, 0) is 31.4 Å². The molecule has 1 amide bonds. The summed E-state index contributed by atoms with van der Waals surface area (Å²) in [5.41, 5.74) is 0.835. The highest BCUT2D eigenvalue weighted by Gasteiger charge is 2.26. The lowest BCUT2D eigenvalue weighted by molar-refractivity contribution is -0.927. The van der Waals surface area contributed by atoms with Crippen molar-refractivity contribution in [2.45, 2.75) is 25.8 Å². The number of rotatable bonds is 2. The van der Waals surface area contributed by atoms with Crippen LogP contribution in [0.1, 0.15) is 25.0 Å². The first-order valence-electron chi connectivity index (χ1n) is 7.19. The Balaban J connectivity index is 0.000000546. The van der Waals surface area contributed by atoms with E-state index in [-0.39, 0.29) is 17.0 Å². The topological polar surface area (TPSA) is 76.5 Å². The van der Waals surface area contributed by atoms with Gasteiger partial charge in [0.2, 0.25) is 0 Å². The maximum Gasteiger partial charge on any atom is 0.142 e. The van der Waals surface area contributed by atoms with Crippen LogP contribution in [0.3, 0.4) is 0 Å². The SMILES string of the molecule is CN(C)C(=O)[O-].C[N+]1(Cc2ncccc2O)CCCCC1.[Br-]. The molecule has 0 spiro atoms. The van der Waals surface area contributed by atoms with Crippen LogP contribution in [0.2, 0.25) is 0 Å². The fourth-order valence-corrected chi connectivity index (χ4v) is 2.35. The summed E-state index contributed by atoms with van der Waals surface area (Å²) < 4.78 is 1.02. The fraction of sp³-hybridized carbons (Fsp3) is 0.600. The van der Waals surface area contributed by atoms with E-state index < -0.39 is 6.09 Å². The first kappa shape index (κ1) is 20.7. The van der Waals surface area contributed by atoms with E-state index in [9.17, 15) is 15.0 Å². The first-order valence-corrected chi connectivity index (χ1v) is 7.19. The van der Waals surface area contributed by atoms with Crippen molar-refractivity contribution < 1.29 is 36.5 Å². The van der Waals surface area contributed by atoms with Gasteiger partial charge in [-0.2, -0.15) is 0 Å². The summed E-state index contributed by atoms with van der Waals surface area (Å²) in [4.78, 5) is 14.7. The maximum atomic E-state index is 9.68. The number of likely N-dealkylation sites (tertiary alicyclic amines) is 1. The summed E-state index contributed by atoms with van der Waals surface area (Å²) in [6.07, 6.45) is 4.54. The van der Waals surface area contributed by atoms with Crippen molar-refractivity contribution in [1.29, 1.82) is 0 Å². The second kappa shape index (κ2) is 9.63. The highest BCUT2D eigenvalue weighted by molar-refractivity contribution is 5.61. The second-order valence-corrected chi connectivity index (χ2v) is 5.92. The molecule has 1 aliphatic rings. The molecule has 2 heterocycles.